The molecule has 0 radical (unpaired) electrons. The molecule has 8 heteroatoms. The minimum atomic E-state index is -0.644. The number of nitrogens with zero attached hydrogens (tertiary/aromatic N) is 3. The summed E-state index contributed by atoms with van der Waals surface area (Å²) in [6, 6.07) is 9.53. The zero-order valence-corrected chi connectivity index (χ0v) is 12.3. The molecule has 0 aliphatic rings. The second-order valence-corrected chi connectivity index (χ2v) is 4.62. The van der Waals surface area contributed by atoms with Crippen LogP contribution in [0.25, 0.3) is 0 Å². The van der Waals surface area contributed by atoms with Gasteiger partial charge < -0.3 is 10.1 Å². The van der Waals surface area contributed by atoms with Crippen molar-refractivity contribution in [3.63, 3.8) is 0 Å². The molecule has 116 valence electrons. The number of hydrogen-bond acceptors (Lipinski definition) is 5. The van der Waals surface area contributed by atoms with Crippen molar-refractivity contribution >= 4 is 17.8 Å². The van der Waals surface area contributed by atoms with Crippen LogP contribution in [0, 0.1) is 0 Å². The minimum Gasteiger partial charge on any atom is -0.453 e. The van der Waals surface area contributed by atoms with Gasteiger partial charge in [0, 0.05) is 0 Å². The third-order valence-corrected chi connectivity index (χ3v) is 2.94. The van der Waals surface area contributed by atoms with E-state index < -0.39 is 6.09 Å². The number of aromatic nitrogens is 3. The topological polar surface area (TPSA) is 98.1 Å². The monoisotopic (exact) mass is 303 g/mol. The molecule has 8 nitrogen and oxygen atoms in total. The number of hydrogen-bond donors (Lipinski definition) is 2. The number of methoxy groups -OCH3 is 1. The second-order valence-electron chi connectivity index (χ2n) is 4.62. The van der Waals surface area contributed by atoms with Gasteiger partial charge in [-0.15, -0.1) is 5.10 Å². The lowest BCUT2D eigenvalue weighted by Gasteiger charge is -2.13. The van der Waals surface area contributed by atoms with Crippen LogP contribution in [0.15, 0.2) is 36.5 Å². The first-order valence-corrected chi connectivity index (χ1v) is 6.68. The van der Waals surface area contributed by atoms with Crippen LogP contribution in [0.2, 0.25) is 0 Å². The smallest absolute Gasteiger partial charge is 0.412 e. The van der Waals surface area contributed by atoms with Gasteiger partial charge in [0.05, 0.1) is 19.3 Å². The number of ether oxygens (including phenoxy) is 1. The Balaban J connectivity index is 1.88. The first-order chi connectivity index (χ1) is 10.6. The summed E-state index contributed by atoms with van der Waals surface area (Å²) in [6.07, 6.45) is 0.804. The number of amides is 2. The lowest BCUT2D eigenvalue weighted by Crippen LogP contribution is -2.30. The molecule has 0 fully saturated rings. The van der Waals surface area contributed by atoms with Crippen molar-refractivity contribution in [1.29, 1.82) is 0 Å². The van der Waals surface area contributed by atoms with Crippen LogP contribution in [0.4, 0.5) is 10.6 Å². The molecule has 0 saturated carbocycles. The average molecular weight is 303 g/mol. The Labute approximate surface area is 127 Å². The van der Waals surface area contributed by atoms with Crippen molar-refractivity contribution in [2.45, 2.75) is 19.5 Å². The van der Waals surface area contributed by atoms with Crippen LogP contribution in [0.5, 0.6) is 0 Å². The molecule has 22 heavy (non-hydrogen) atoms. The Morgan fingerprint density at radius 3 is 2.73 bits per heavy atom. The molecule has 0 bridgehead atoms. The number of benzene rings is 1. The van der Waals surface area contributed by atoms with Crippen LogP contribution < -0.4 is 10.6 Å². The highest BCUT2D eigenvalue weighted by Gasteiger charge is 2.11. The van der Waals surface area contributed by atoms with Crippen molar-refractivity contribution in [2.24, 2.45) is 0 Å². The maximum absolute atomic E-state index is 12.0. The molecule has 1 heterocycles. The lowest BCUT2D eigenvalue weighted by atomic mass is 10.1. The van der Waals surface area contributed by atoms with Crippen LogP contribution >= 0.6 is 0 Å². The fraction of sp³-hybridized carbons (Fsp3) is 0.286. The van der Waals surface area contributed by atoms with E-state index in [1.165, 1.54) is 18.0 Å². The molecule has 0 aliphatic carbocycles. The fourth-order valence-corrected chi connectivity index (χ4v) is 1.85. The number of nitrogens with one attached hydrogen (secondary N) is 2. The van der Waals surface area contributed by atoms with Gasteiger partial charge in [-0.1, -0.05) is 35.5 Å². The second kappa shape index (κ2) is 7.21. The highest BCUT2D eigenvalue weighted by atomic mass is 16.5. The molecule has 2 rings (SSSR count). The molecular weight excluding hydrogens is 286 g/mol. The van der Waals surface area contributed by atoms with E-state index in [1.807, 2.05) is 37.3 Å². The summed E-state index contributed by atoms with van der Waals surface area (Å²) >= 11 is 0. The van der Waals surface area contributed by atoms with Gasteiger partial charge >= 0.3 is 6.09 Å². The van der Waals surface area contributed by atoms with Gasteiger partial charge in [0.1, 0.15) is 6.54 Å². The molecule has 1 unspecified atom stereocenters. The standard InChI is InChI=1S/C14H17N5O3/c1-10(11-6-4-3-5-7-11)15-13(20)9-19-8-12(17-18-19)16-14(21)22-2/h3-8,10H,9H2,1-2H3,(H,15,20)(H,16,21). The van der Waals surface area contributed by atoms with Gasteiger partial charge in [0.2, 0.25) is 5.91 Å². The van der Waals surface area contributed by atoms with E-state index in [0.29, 0.717) is 0 Å². The van der Waals surface area contributed by atoms with Crippen LogP contribution in [0.3, 0.4) is 0 Å². The zero-order valence-electron chi connectivity index (χ0n) is 12.3. The Morgan fingerprint density at radius 2 is 2.05 bits per heavy atom. The van der Waals surface area contributed by atoms with Gasteiger partial charge in [0.25, 0.3) is 0 Å². The lowest BCUT2D eigenvalue weighted by molar-refractivity contribution is -0.122. The third kappa shape index (κ3) is 4.30. The first-order valence-electron chi connectivity index (χ1n) is 6.68. The van der Waals surface area contributed by atoms with Crippen molar-refractivity contribution in [1.82, 2.24) is 20.3 Å². The van der Waals surface area contributed by atoms with E-state index in [4.69, 9.17) is 0 Å². The molecule has 1 aromatic heterocycles. The van der Waals surface area contributed by atoms with E-state index in [1.54, 1.807) is 0 Å². The fourth-order valence-electron chi connectivity index (χ4n) is 1.85. The van der Waals surface area contributed by atoms with Gasteiger partial charge in [-0.2, -0.15) is 0 Å². The largest absolute Gasteiger partial charge is 0.453 e. The van der Waals surface area contributed by atoms with Crippen molar-refractivity contribution < 1.29 is 14.3 Å². The summed E-state index contributed by atoms with van der Waals surface area (Å²) in [6.45, 7) is 1.91. The summed E-state index contributed by atoms with van der Waals surface area (Å²) in [5, 5.41) is 12.7. The highest BCUT2D eigenvalue weighted by molar-refractivity contribution is 5.83. The molecule has 2 aromatic rings. The van der Waals surface area contributed by atoms with Gasteiger partial charge in [-0.3, -0.25) is 10.1 Å². The minimum absolute atomic E-state index is 0.00697. The van der Waals surface area contributed by atoms with E-state index in [9.17, 15) is 9.59 Å². The number of carbonyl (C=O) groups is 2. The summed E-state index contributed by atoms with van der Waals surface area (Å²) in [5.41, 5.74) is 1.02. The predicted octanol–water partition coefficient (Wildman–Crippen LogP) is 1.33. The van der Waals surface area contributed by atoms with Crippen LogP contribution in [-0.4, -0.2) is 34.1 Å². The molecule has 0 saturated heterocycles. The normalized spacial score (nSPS) is 11.5. The Bertz CT molecular complexity index is 641. The summed E-state index contributed by atoms with van der Waals surface area (Å²) in [7, 11) is 1.25. The van der Waals surface area contributed by atoms with Crippen molar-refractivity contribution in [3.05, 3.63) is 42.1 Å². The van der Waals surface area contributed by atoms with Crippen molar-refractivity contribution in [3.8, 4) is 0 Å². The van der Waals surface area contributed by atoms with Gasteiger partial charge in [-0.25, -0.2) is 9.48 Å². The zero-order chi connectivity index (χ0) is 15.9. The van der Waals surface area contributed by atoms with E-state index in [-0.39, 0.29) is 24.3 Å². The van der Waals surface area contributed by atoms with Crippen molar-refractivity contribution in [2.75, 3.05) is 12.4 Å². The quantitative estimate of drug-likeness (QED) is 0.868. The average Bonchev–Trinajstić information content (AvgIpc) is 2.94. The van der Waals surface area contributed by atoms with Crippen LogP contribution in [0.1, 0.15) is 18.5 Å². The van der Waals surface area contributed by atoms with E-state index in [2.05, 4.69) is 25.7 Å². The highest BCUT2D eigenvalue weighted by Crippen LogP contribution is 2.11. The molecule has 0 spiro atoms. The third-order valence-electron chi connectivity index (χ3n) is 2.94. The molecule has 1 aromatic carbocycles. The summed E-state index contributed by atoms with van der Waals surface area (Å²) in [4.78, 5) is 23.0. The number of anilines is 1. The van der Waals surface area contributed by atoms with Gasteiger partial charge in [0.15, 0.2) is 5.82 Å². The Morgan fingerprint density at radius 1 is 1.32 bits per heavy atom. The molecular formula is C14H17N5O3. The maximum atomic E-state index is 12.0. The molecule has 2 N–H and O–H groups in total. The maximum Gasteiger partial charge on any atom is 0.412 e. The van der Waals surface area contributed by atoms with E-state index in [0.717, 1.165) is 5.56 Å². The Hall–Kier alpha value is -2.90. The Kier molecular flexibility index (Phi) is 5.07. The summed E-state index contributed by atoms with van der Waals surface area (Å²) < 4.78 is 5.77. The van der Waals surface area contributed by atoms with E-state index >= 15 is 0 Å². The van der Waals surface area contributed by atoms with Gasteiger partial charge in [-0.05, 0) is 12.5 Å². The van der Waals surface area contributed by atoms with Crippen LogP contribution in [-0.2, 0) is 16.1 Å². The SMILES string of the molecule is COC(=O)Nc1cn(CC(=O)NC(C)c2ccccc2)nn1. The number of carbonyl (C=O) groups excluding carboxylic acids is 2. The molecule has 1 atom stereocenters. The summed E-state index contributed by atoms with van der Waals surface area (Å²) in [5.74, 6) is 0.0154. The predicted molar refractivity (Wildman–Crippen MR) is 79.0 cm³/mol. The molecule has 0 aliphatic heterocycles. The molecule has 2 amide bonds. The first kappa shape index (κ1) is 15.5. The number of rotatable bonds is 5.